The molecule has 0 unspecified atom stereocenters. The number of benzene rings is 2. The van der Waals surface area contributed by atoms with Crippen LogP contribution in [0.25, 0.3) is 10.2 Å². The molecule has 1 aliphatic rings. The van der Waals surface area contributed by atoms with Gasteiger partial charge < -0.3 is 18.8 Å². The van der Waals surface area contributed by atoms with Gasteiger partial charge in [-0.2, -0.15) is 4.99 Å². The predicted octanol–water partition coefficient (Wildman–Crippen LogP) is 3.01. The van der Waals surface area contributed by atoms with Crippen molar-refractivity contribution in [1.82, 2.24) is 4.57 Å². The van der Waals surface area contributed by atoms with Gasteiger partial charge in [0.2, 0.25) is 0 Å². The number of ether oxygens (including phenoxy) is 3. The summed E-state index contributed by atoms with van der Waals surface area (Å²) >= 11 is 2.84. The Morgan fingerprint density at radius 2 is 1.90 bits per heavy atom. The Kier molecular flexibility index (Phi) is 6.39. The molecule has 0 aliphatic carbocycles. The summed E-state index contributed by atoms with van der Waals surface area (Å²) in [7, 11) is 1.33. The van der Waals surface area contributed by atoms with Gasteiger partial charge in [0.25, 0.3) is 5.91 Å². The molecule has 1 aliphatic heterocycles. The summed E-state index contributed by atoms with van der Waals surface area (Å²) in [4.78, 5) is 29.2. The van der Waals surface area contributed by atoms with Crippen LogP contribution in [0, 0.1) is 0 Å². The second-order valence-corrected chi connectivity index (χ2v) is 8.49. The molecule has 1 aromatic heterocycles. The molecule has 0 saturated heterocycles. The number of fused-ring (bicyclic) bond motifs is 2. The quantitative estimate of drug-likeness (QED) is 0.544. The van der Waals surface area contributed by atoms with Crippen LogP contribution >= 0.6 is 23.1 Å². The topological polar surface area (TPSA) is 79.1 Å². The second-order valence-electron chi connectivity index (χ2n) is 6.49. The van der Waals surface area contributed by atoms with Gasteiger partial charge >= 0.3 is 5.97 Å². The number of esters is 1. The van der Waals surface area contributed by atoms with E-state index in [0.717, 1.165) is 21.5 Å². The Morgan fingerprint density at radius 1 is 1.17 bits per heavy atom. The first-order valence-corrected chi connectivity index (χ1v) is 11.3. The molecule has 0 atom stereocenters. The number of aromatic nitrogens is 1. The first-order chi connectivity index (χ1) is 14.6. The predicted molar refractivity (Wildman–Crippen MR) is 116 cm³/mol. The van der Waals surface area contributed by atoms with Crippen LogP contribution in [0.1, 0.15) is 5.56 Å². The third-order valence-electron chi connectivity index (χ3n) is 4.42. The summed E-state index contributed by atoms with van der Waals surface area (Å²) in [6, 6.07) is 13.6. The fraction of sp³-hybridized carbons (Fsp3) is 0.286. The van der Waals surface area contributed by atoms with Gasteiger partial charge in [0.1, 0.15) is 19.8 Å². The van der Waals surface area contributed by atoms with Crippen molar-refractivity contribution >= 4 is 45.2 Å². The first kappa shape index (κ1) is 20.5. The number of thioether (sulfide) groups is 1. The van der Waals surface area contributed by atoms with Gasteiger partial charge in [0.05, 0.1) is 23.1 Å². The van der Waals surface area contributed by atoms with E-state index in [4.69, 9.17) is 14.2 Å². The zero-order valence-corrected chi connectivity index (χ0v) is 18.0. The minimum absolute atomic E-state index is 0.0422. The third-order valence-corrected chi connectivity index (χ3v) is 6.45. The lowest BCUT2D eigenvalue weighted by Crippen LogP contribution is -2.23. The van der Waals surface area contributed by atoms with Crippen molar-refractivity contribution < 1.29 is 23.8 Å². The molecule has 2 aromatic carbocycles. The van der Waals surface area contributed by atoms with E-state index in [1.165, 1.54) is 30.2 Å². The van der Waals surface area contributed by atoms with E-state index in [1.807, 2.05) is 42.5 Å². The highest BCUT2D eigenvalue weighted by atomic mass is 32.2. The molecule has 3 aromatic rings. The van der Waals surface area contributed by atoms with Crippen molar-refractivity contribution in [3.63, 3.8) is 0 Å². The molecule has 0 bridgehead atoms. The number of hydrogen-bond acceptors (Lipinski definition) is 7. The number of hydrogen-bond donors (Lipinski definition) is 0. The van der Waals surface area contributed by atoms with Crippen molar-refractivity contribution in [3.05, 3.63) is 52.8 Å². The number of carbonyl (C=O) groups is 2. The zero-order valence-electron chi connectivity index (χ0n) is 16.3. The van der Waals surface area contributed by atoms with Crippen molar-refractivity contribution in [2.75, 3.05) is 26.1 Å². The Labute approximate surface area is 181 Å². The van der Waals surface area contributed by atoms with Gasteiger partial charge in [-0.25, -0.2) is 0 Å². The van der Waals surface area contributed by atoms with E-state index >= 15 is 0 Å². The van der Waals surface area contributed by atoms with Crippen LogP contribution in [0.3, 0.4) is 0 Å². The van der Waals surface area contributed by atoms with Crippen LogP contribution in [-0.4, -0.2) is 42.5 Å². The summed E-state index contributed by atoms with van der Waals surface area (Å²) < 4.78 is 18.6. The van der Waals surface area contributed by atoms with Gasteiger partial charge in [-0.15, -0.1) is 11.8 Å². The lowest BCUT2D eigenvalue weighted by molar-refractivity contribution is -0.141. The van der Waals surface area contributed by atoms with Gasteiger partial charge in [-0.3, -0.25) is 9.59 Å². The largest absolute Gasteiger partial charge is 0.486 e. The Balaban J connectivity index is 1.61. The number of amides is 1. The average Bonchev–Trinajstić information content (AvgIpc) is 3.08. The van der Waals surface area contributed by atoms with E-state index < -0.39 is 5.97 Å². The highest BCUT2D eigenvalue weighted by Gasteiger charge is 2.18. The second kappa shape index (κ2) is 9.36. The van der Waals surface area contributed by atoms with E-state index in [1.54, 1.807) is 4.57 Å². The average molecular weight is 445 g/mol. The number of carbonyl (C=O) groups excluding carboxylic acids is 2. The van der Waals surface area contributed by atoms with Gasteiger partial charge in [-0.05, 0) is 5.56 Å². The smallest absolute Gasteiger partial charge is 0.325 e. The maximum atomic E-state index is 12.5. The van der Waals surface area contributed by atoms with E-state index in [2.05, 4.69) is 4.99 Å². The summed E-state index contributed by atoms with van der Waals surface area (Å²) in [5, 5.41) is 0. The monoisotopic (exact) mass is 444 g/mol. The SMILES string of the molecule is COC(=O)Cn1c(=NC(=O)CSCc2ccccc2)sc2cc3c(cc21)OCCO3. The Hall–Kier alpha value is -2.78. The molecular weight excluding hydrogens is 424 g/mol. The van der Waals surface area contributed by atoms with Crippen LogP contribution in [0.4, 0.5) is 0 Å². The molecule has 4 rings (SSSR count). The summed E-state index contributed by atoms with van der Waals surface area (Å²) in [6.45, 7) is 0.911. The van der Waals surface area contributed by atoms with Crippen molar-refractivity contribution in [2.24, 2.45) is 4.99 Å². The molecule has 7 nitrogen and oxygen atoms in total. The molecule has 0 N–H and O–H groups in total. The van der Waals surface area contributed by atoms with Crippen LogP contribution < -0.4 is 14.3 Å². The molecule has 1 amide bonds. The van der Waals surface area contributed by atoms with Gasteiger partial charge in [0, 0.05) is 17.9 Å². The highest BCUT2D eigenvalue weighted by molar-refractivity contribution is 7.99. The molecule has 0 saturated carbocycles. The molecule has 0 radical (unpaired) electrons. The lowest BCUT2D eigenvalue weighted by atomic mass is 10.2. The van der Waals surface area contributed by atoms with Gasteiger partial charge in [0.15, 0.2) is 16.3 Å². The fourth-order valence-electron chi connectivity index (χ4n) is 3.01. The maximum Gasteiger partial charge on any atom is 0.325 e. The Morgan fingerprint density at radius 3 is 2.63 bits per heavy atom. The molecule has 2 heterocycles. The van der Waals surface area contributed by atoms with E-state index in [0.29, 0.717) is 29.5 Å². The van der Waals surface area contributed by atoms with Crippen molar-refractivity contribution in [2.45, 2.75) is 12.3 Å². The number of nitrogens with zero attached hydrogens (tertiary/aromatic N) is 2. The standard InChI is InChI=1S/C21H20N2O5S2/c1-26-20(25)11-23-15-9-16-17(28-8-7-27-16)10-18(15)30-21(23)22-19(24)13-29-12-14-5-3-2-4-6-14/h2-6,9-10H,7-8,11-13H2,1H3. The summed E-state index contributed by atoms with van der Waals surface area (Å²) in [5.41, 5.74) is 1.90. The summed E-state index contributed by atoms with van der Waals surface area (Å²) in [5.74, 6) is 1.58. The number of thiazole rings is 1. The maximum absolute atomic E-state index is 12.5. The molecule has 0 spiro atoms. The molecule has 0 fully saturated rings. The van der Waals surface area contributed by atoms with Crippen molar-refractivity contribution in [1.29, 1.82) is 0 Å². The minimum atomic E-state index is -0.419. The normalized spacial score (nSPS) is 13.4. The van der Waals surface area contributed by atoms with E-state index in [-0.39, 0.29) is 18.2 Å². The first-order valence-electron chi connectivity index (χ1n) is 9.33. The van der Waals surface area contributed by atoms with Crippen LogP contribution in [-0.2, 0) is 26.6 Å². The number of rotatable bonds is 6. The number of methoxy groups -OCH3 is 1. The molecule has 9 heteroatoms. The Bertz CT molecular complexity index is 1140. The van der Waals surface area contributed by atoms with E-state index in [9.17, 15) is 9.59 Å². The van der Waals surface area contributed by atoms with Gasteiger partial charge in [-0.1, -0.05) is 41.7 Å². The summed E-state index contributed by atoms with van der Waals surface area (Å²) in [6.07, 6.45) is 0. The van der Waals surface area contributed by atoms with Crippen LogP contribution in [0.15, 0.2) is 47.5 Å². The fourth-order valence-corrected chi connectivity index (χ4v) is 4.83. The molecular formula is C21H20N2O5S2. The zero-order chi connectivity index (χ0) is 20.9. The van der Waals surface area contributed by atoms with Crippen LogP contribution in [0.5, 0.6) is 11.5 Å². The molecule has 30 heavy (non-hydrogen) atoms. The van der Waals surface area contributed by atoms with Crippen LogP contribution in [0.2, 0.25) is 0 Å². The third kappa shape index (κ3) is 4.68. The van der Waals surface area contributed by atoms with Crippen molar-refractivity contribution in [3.8, 4) is 11.5 Å². The minimum Gasteiger partial charge on any atom is -0.486 e. The lowest BCUT2D eigenvalue weighted by Gasteiger charge is -2.18. The molecule has 156 valence electrons. The highest BCUT2D eigenvalue weighted by Crippen LogP contribution is 2.35.